The van der Waals surface area contributed by atoms with Crippen molar-refractivity contribution in [1.29, 1.82) is 0 Å². The van der Waals surface area contributed by atoms with E-state index in [1.54, 1.807) is 0 Å². The Labute approximate surface area is 127 Å². The summed E-state index contributed by atoms with van der Waals surface area (Å²) in [5.41, 5.74) is 2.60. The number of nitrogens with one attached hydrogen (secondary N) is 1. The molecular weight excluding hydrogens is 258 g/mol. The summed E-state index contributed by atoms with van der Waals surface area (Å²) < 4.78 is 0. The Morgan fingerprint density at radius 1 is 1.24 bits per heavy atom. The molecule has 1 saturated carbocycles. The molecule has 0 aliphatic heterocycles. The van der Waals surface area contributed by atoms with Gasteiger partial charge in [-0.15, -0.1) is 0 Å². The molecule has 0 amide bonds. The maximum atomic E-state index is 4.67. The van der Waals surface area contributed by atoms with Crippen molar-refractivity contribution in [2.24, 2.45) is 0 Å². The fourth-order valence-corrected chi connectivity index (χ4v) is 2.73. The summed E-state index contributed by atoms with van der Waals surface area (Å²) in [5.74, 6) is 1.06. The Hall–Kier alpha value is -1.77. The largest absolute Gasteiger partial charge is 0.381 e. The van der Waals surface area contributed by atoms with Crippen LogP contribution in [-0.4, -0.2) is 25.1 Å². The molecule has 3 rings (SSSR count). The molecule has 0 bridgehead atoms. The molecule has 1 fully saturated rings. The third-order valence-electron chi connectivity index (χ3n) is 4.11. The second kappa shape index (κ2) is 5.92. The van der Waals surface area contributed by atoms with Crippen molar-refractivity contribution in [2.75, 3.05) is 24.3 Å². The van der Waals surface area contributed by atoms with Gasteiger partial charge in [0, 0.05) is 30.9 Å². The smallest absolute Gasteiger partial charge is 0.136 e. The highest BCUT2D eigenvalue weighted by atomic mass is 15.1. The second-order valence-electron chi connectivity index (χ2n) is 6.29. The highest BCUT2D eigenvalue weighted by molar-refractivity contribution is 6.00. The van der Waals surface area contributed by atoms with E-state index in [-0.39, 0.29) is 0 Å². The van der Waals surface area contributed by atoms with Crippen LogP contribution < -0.4 is 10.2 Å². The van der Waals surface area contributed by atoms with E-state index in [0.29, 0.717) is 6.04 Å². The first-order valence-electron chi connectivity index (χ1n) is 8.04. The van der Waals surface area contributed by atoms with E-state index in [0.717, 1.165) is 12.2 Å². The van der Waals surface area contributed by atoms with Gasteiger partial charge in [-0.3, -0.25) is 0 Å². The molecule has 112 valence electrons. The highest BCUT2D eigenvalue weighted by Gasteiger charge is 2.22. The lowest BCUT2D eigenvalue weighted by Gasteiger charge is -2.17. The minimum absolute atomic E-state index is 0.653. The van der Waals surface area contributed by atoms with Crippen molar-refractivity contribution in [3.8, 4) is 0 Å². The summed E-state index contributed by atoms with van der Waals surface area (Å²) in [6.45, 7) is 2.24. The monoisotopic (exact) mass is 283 g/mol. The van der Waals surface area contributed by atoms with Gasteiger partial charge < -0.3 is 10.2 Å². The molecule has 1 heterocycles. The fraction of sp³-hybridized carbons (Fsp3) is 0.500. The lowest BCUT2D eigenvalue weighted by Crippen LogP contribution is -2.12. The van der Waals surface area contributed by atoms with E-state index in [4.69, 9.17) is 0 Å². The average molecular weight is 283 g/mol. The summed E-state index contributed by atoms with van der Waals surface area (Å²) in [7, 11) is 4.13. The van der Waals surface area contributed by atoms with Crippen LogP contribution in [0.2, 0.25) is 0 Å². The van der Waals surface area contributed by atoms with Crippen molar-refractivity contribution in [2.45, 2.75) is 45.1 Å². The van der Waals surface area contributed by atoms with Gasteiger partial charge in [-0.2, -0.15) is 0 Å². The first kappa shape index (κ1) is 14.2. The number of aromatic nitrogens is 1. The SMILES string of the molecule is CCCCc1ccc2c(NC3CC3)cnc(N(C)C)c2c1. The second-order valence-corrected chi connectivity index (χ2v) is 6.29. The summed E-state index contributed by atoms with van der Waals surface area (Å²) in [5, 5.41) is 6.16. The number of hydrogen-bond donors (Lipinski definition) is 1. The standard InChI is InChI=1S/C18H25N3/c1-4-5-6-13-7-10-15-16(11-13)18(21(2)3)19-12-17(15)20-14-8-9-14/h7,10-12,14,20H,4-6,8-9H2,1-3H3. The summed E-state index contributed by atoms with van der Waals surface area (Å²) in [6, 6.07) is 7.51. The molecule has 1 aliphatic carbocycles. The van der Waals surface area contributed by atoms with Crippen LogP contribution in [-0.2, 0) is 6.42 Å². The molecule has 3 nitrogen and oxygen atoms in total. The zero-order valence-corrected chi connectivity index (χ0v) is 13.3. The molecule has 1 aliphatic rings. The van der Waals surface area contributed by atoms with Crippen molar-refractivity contribution in [1.82, 2.24) is 4.98 Å². The molecule has 1 aromatic carbocycles. The Bertz CT molecular complexity index is 630. The molecule has 21 heavy (non-hydrogen) atoms. The molecule has 1 aromatic heterocycles. The van der Waals surface area contributed by atoms with Crippen molar-refractivity contribution in [3.63, 3.8) is 0 Å². The van der Waals surface area contributed by atoms with Crippen LogP contribution >= 0.6 is 0 Å². The molecule has 0 spiro atoms. The molecule has 1 N–H and O–H groups in total. The third kappa shape index (κ3) is 3.12. The molecule has 3 heteroatoms. The van der Waals surface area contributed by atoms with Crippen molar-refractivity contribution >= 4 is 22.3 Å². The maximum Gasteiger partial charge on any atom is 0.136 e. The number of fused-ring (bicyclic) bond motifs is 1. The Balaban J connectivity index is 2.04. The predicted molar refractivity (Wildman–Crippen MR) is 91.3 cm³/mol. The van der Waals surface area contributed by atoms with Gasteiger partial charge in [0.2, 0.25) is 0 Å². The van der Waals surface area contributed by atoms with Crippen LogP contribution in [0.15, 0.2) is 24.4 Å². The topological polar surface area (TPSA) is 28.2 Å². The van der Waals surface area contributed by atoms with Crippen molar-refractivity contribution < 1.29 is 0 Å². The number of nitrogens with zero attached hydrogens (tertiary/aromatic N) is 2. The number of aryl methyl sites for hydroxylation is 1. The summed E-state index contributed by atoms with van der Waals surface area (Å²) >= 11 is 0. The number of anilines is 2. The number of hydrogen-bond acceptors (Lipinski definition) is 3. The van der Waals surface area contributed by atoms with Crippen LogP contribution in [0, 0.1) is 0 Å². The quantitative estimate of drug-likeness (QED) is 0.860. The molecular formula is C18H25N3. The van der Waals surface area contributed by atoms with Gasteiger partial charge in [-0.25, -0.2) is 4.98 Å². The predicted octanol–water partition coefficient (Wildman–Crippen LogP) is 4.22. The van der Waals surface area contributed by atoms with Gasteiger partial charge in [-0.1, -0.05) is 25.5 Å². The Morgan fingerprint density at radius 2 is 2.05 bits per heavy atom. The zero-order chi connectivity index (χ0) is 14.8. The van der Waals surface area contributed by atoms with Gasteiger partial charge in [0.25, 0.3) is 0 Å². The number of benzene rings is 1. The number of rotatable bonds is 6. The molecule has 0 radical (unpaired) electrons. The number of pyridine rings is 1. The Kier molecular flexibility index (Phi) is 4.00. The first-order valence-corrected chi connectivity index (χ1v) is 8.04. The fourth-order valence-electron chi connectivity index (χ4n) is 2.73. The van der Waals surface area contributed by atoms with Crippen LogP contribution in [0.25, 0.3) is 10.8 Å². The van der Waals surface area contributed by atoms with Crippen molar-refractivity contribution in [3.05, 3.63) is 30.0 Å². The normalized spacial score (nSPS) is 14.4. The van der Waals surface area contributed by atoms with Crippen LogP contribution in [0.5, 0.6) is 0 Å². The average Bonchev–Trinajstić information content (AvgIpc) is 3.28. The number of unbranched alkanes of at least 4 members (excludes halogenated alkanes) is 1. The van der Waals surface area contributed by atoms with Gasteiger partial charge in [0.1, 0.15) is 5.82 Å². The molecule has 2 aromatic rings. The minimum atomic E-state index is 0.653. The van der Waals surface area contributed by atoms with Crippen LogP contribution in [0.1, 0.15) is 38.2 Å². The molecule has 0 atom stereocenters. The van der Waals surface area contributed by atoms with E-state index in [2.05, 4.69) is 54.4 Å². The highest BCUT2D eigenvalue weighted by Crippen LogP contribution is 2.33. The summed E-state index contributed by atoms with van der Waals surface area (Å²) in [6.07, 6.45) is 8.19. The summed E-state index contributed by atoms with van der Waals surface area (Å²) in [4.78, 5) is 6.78. The minimum Gasteiger partial charge on any atom is -0.381 e. The van der Waals surface area contributed by atoms with E-state index in [1.807, 2.05) is 6.20 Å². The zero-order valence-electron chi connectivity index (χ0n) is 13.3. The van der Waals surface area contributed by atoms with Crippen LogP contribution in [0.3, 0.4) is 0 Å². The van der Waals surface area contributed by atoms with E-state index < -0.39 is 0 Å². The van der Waals surface area contributed by atoms with Gasteiger partial charge in [0.05, 0.1) is 11.9 Å². The molecule has 0 saturated heterocycles. The van der Waals surface area contributed by atoms with E-state index in [1.165, 1.54) is 47.7 Å². The van der Waals surface area contributed by atoms with E-state index >= 15 is 0 Å². The van der Waals surface area contributed by atoms with Gasteiger partial charge >= 0.3 is 0 Å². The first-order chi connectivity index (χ1) is 10.2. The van der Waals surface area contributed by atoms with Gasteiger partial charge in [-0.05, 0) is 37.3 Å². The lowest BCUT2D eigenvalue weighted by molar-refractivity contribution is 0.796. The lowest BCUT2D eigenvalue weighted by atomic mass is 10.0. The van der Waals surface area contributed by atoms with Crippen LogP contribution in [0.4, 0.5) is 11.5 Å². The van der Waals surface area contributed by atoms with E-state index in [9.17, 15) is 0 Å². The Morgan fingerprint density at radius 3 is 2.71 bits per heavy atom. The van der Waals surface area contributed by atoms with Gasteiger partial charge in [0.15, 0.2) is 0 Å². The third-order valence-corrected chi connectivity index (χ3v) is 4.11. The molecule has 0 unspecified atom stereocenters. The maximum absolute atomic E-state index is 4.67.